The molecule has 1 aromatic heterocycles. The molecule has 3 rings (SSSR count). The Kier molecular flexibility index (Phi) is 5.81. The average molecular weight is 379 g/mol. The third-order valence-corrected chi connectivity index (χ3v) is 4.69. The van der Waals surface area contributed by atoms with E-state index in [0.29, 0.717) is 18.1 Å². The highest BCUT2D eigenvalue weighted by Crippen LogP contribution is 2.46. The summed E-state index contributed by atoms with van der Waals surface area (Å²) in [5, 5.41) is 7.95. The van der Waals surface area contributed by atoms with Crippen molar-refractivity contribution in [2.45, 2.75) is 32.1 Å². The third kappa shape index (κ3) is 4.64. The predicted octanol–water partition coefficient (Wildman–Crippen LogP) is 4.77. The highest BCUT2D eigenvalue weighted by atomic mass is 35.5. The van der Waals surface area contributed by atoms with Crippen molar-refractivity contribution in [3.05, 3.63) is 40.5 Å². The molecule has 1 saturated carbocycles. The zero-order valence-corrected chi connectivity index (χ0v) is 15.7. The molecule has 1 aromatic carbocycles. The van der Waals surface area contributed by atoms with Crippen molar-refractivity contribution >= 4 is 29.3 Å². The van der Waals surface area contributed by atoms with E-state index in [0.717, 1.165) is 29.7 Å². The summed E-state index contributed by atoms with van der Waals surface area (Å²) in [7, 11) is 0. The Bertz CT molecular complexity index is 781. The molecule has 132 valence electrons. The van der Waals surface area contributed by atoms with Crippen LogP contribution in [0.2, 0.25) is 5.15 Å². The van der Waals surface area contributed by atoms with Gasteiger partial charge in [-0.15, -0.1) is 10.2 Å². The first-order valence-corrected chi connectivity index (χ1v) is 9.86. The standard InChI is InChI=1S/C18H19ClN2O3S/c1-11-4-3-5-13(12-6-7-12)17(11)24-18-14(10-15(19)20-21-18)23-16(22)8-9-25-2/h3-5,10,12H,6-9H2,1-2H3. The van der Waals surface area contributed by atoms with Crippen molar-refractivity contribution in [2.24, 2.45) is 0 Å². The van der Waals surface area contributed by atoms with Gasteiger partial charge in [-0.3, -0.25) is 4.79 Å². The van der Waals surface area contributed by atoms with Gasteiger partial charge in [0.2, 0.25) is 0 Å². The fourth-order valence-electron chi connectivity index (χ4n) is 2.47. The van der Waals surface area contributed by atoms with Gasteiger partial charge in [-0.25, -0.2) is 0 Å². The van der Waals surface area contributed by atoms with Crippen molar-refractivity contribution in [1.82, 2.24) is 10.2 Å². The van der Waals surface area contributed by atoms with E-state index in [1.54, 1.807) is 11.8 Å². The van der Waals surface area contributed by atoms with Crippen LogP contribution in [-0.4, -0.2) is 28.2 Å². The maximum Gasteiger partial charge on any atom is 0.312 e. The molecule has 1 aliphatic rings. The lowest BCUT2D eigenvalue weighted by molar-refractivity contribution is -0.134. The largest absolute Gasteiger partial charge is 0.434 e. The Hall–Kier alpha value is -1.79. The fraction of sp³-hybridized carbons (Fsp3) is 0.389. The van der Waals surface area contributed by atoms with Crippen molar-refractivity contribution in [1.29, 1.82) is 0 Å². The minimum atomic E-state index is -0.351. The number of aromatic nitrogens is 2. The molecule has 0 radical (unpaired) electrons. The van der Waals surface area contributed by atoms with E-state index in [9.17, 15) is 4.79 Å². The number of halogens is 1. The molecule has 5 nitrogen and oxygen atoms in total. The lowest BCUT2D eigenvalue weighted by atomic mass is 10.1. The molecule has 0 spiro atoms. The van der Waals surface area contributed by atoms with E-state index in [1.165, 1.54) is 6.07 Å². The zero-order valence-electron chi connectivity index (χ0n) is 14.1. The van der Waals surface area contributed by atoms with Gasteiger partial charge >= 0.3 is 5.97 Å². The van der Waals surface area contributed by atoms with Crippen LogP contribution in [0.5, 0.6) is 17.4 Å². The second-order valence-electron chi connectivity index (χ2n) is 5.92. The van der Waals surface area contributed by atoms with E-state index in [2.05, 4.69) is 16.3 Å². The SMILES string of the molecule is CSCCC(=O)Oc1cc(Cl)nnc1Oc1c(C)cccc1C1CC1. The van der Waals surface area contributed by atoms with Crippen LogP contribution in [0.1, 0.15) is 36.3 Å². The second-order valence-corrected chi connectivity index (χ2v) is 7.30. The van der Waals surface area contributed by atoms with Gasteiger partial charge in [0.25, 0.3) is 5.88 Å². The maximum absolute atomic E-state index is 12.0. The van der Waals surface area contributed by atoms with Crippen LogP contribution in [0.3, 0.4) is 0 Å². The van der Waals surface area contributed by atoms with Crippen LogP contribution in [0.15, 0.2) is 24.3 Å². The van der Waals surface area contributed by atoms with Gasteiger partial charge in [-0.1, -0.05) is 29.8 Å². The maximum atomic E-state index is 12.0. The number of para-hydroxylation sites is 1. The molecule has 0 atom stereocenters. The summed E-state index contributed by atoms with van der Waals surface area (Å²) >= 11 is 7.48. The number of thioether (sulfide) groups is 1. The zero-order chi connectivity index (χ0) is 17.8. The van der Waals surface area contributed by atoms with Gasteiger partial charge in [0.1, 0.15) is 5.75 Å². The summed E-state index contributed by atoms with van der Waals surface area (Å²) in [4.78, 5) is 12.0. The number of hydrogen-bond donors (Lipinski definition) is 0. The first kappa shape index (κ1) is 18.0. The van der Waals surface area contributed by atoms with Crippen LogP contribution in [0.4, 0.5) is 0 Å². The van der Waals surface area contributed by atoms with E-state index in [1.807, 2.05) is 25.3 Å². The summed E-state index contributed by atoms with van der Waals surface area (Å²) in [6.45, 7) is 1.98. The van der Waals surface area contributed by atoms with Crippen LogP contribution in [0, 0.1) is 6.92 Å². The molecule has 0 bridgehead atoms. The number of ether oxygens (including phenoxy) is 2. The predicted molar refractivity (Wildman–Crippen MR) is 98.9 cm³/mol. The molecular weight excluding hydrogens is 360 g/mol. The molecule has 7 heteroatoms. The van der Waals surface area contributed by atoms with Crippen LogP contribution >= 0.6 is 23.4 Å². The average Bonchev–Trinajstić information content (AvgIpc) is 3.42. The number of esters is 1. The van der Waals surface area contributed by atoms with Crippen LogP contribution in [-0.2, 0) is 4.79 Å². The first-order valence-electron chi connectivity index (χ1n) is 8.08. The van der Waals surface area contributed by atoms with Crippen LogP contribution in [0.25, 0.3) is 0 Å². The Morgan fingerprint density at radius 1 is 1.36 bits per heavy atom. The molecule has 0 unspecified atom stereocenters. The first-order chi connectivity index (χ1) is 12.1. The molecule has 1 heterocycles. The summed E-state index contributed by atoms with van der Waals surface area (Å²) < 4.78 is 11.4. The minimum Gasteiger partial charge on any atom is -0.434 e. The highest BCUT2D eigenvalue weighted by Gasteiger charge is 2.28. The lowest BCUT2D eigenvalue weighted by Gasteiger charge is -2.14. The monoisotopic (exact) mass is 378 g/mol. The molecule has 25 heavy (non-hydrogen) atoms. The number of benzene rings is 1. The lowest BCUT2D eigenvalue weighted by Crippen LogP contribution is -2.10. The Labute approximate surface area is 156 Å². The van der Waals surface area contributed by atoms with E-state index in [4.69, 9.17) is 21.1 Å². The molecule has 0 saturated heterocycles. The number of carbonyl (C=O) groups excluding carboxylic acids is 1. The number of rotatable bonds is 7. The molecule has 1 fully saturated rings. The second kappa shape index (κ2) is 8.06. The Morgan fingerprint density at radius 2 is 2.16 bits per heavy atom. The topological polar surface area (TPSA) is 61.3 Å². The highest BCUT2D eigenvalue weighted by molar-refractivity contribution is 7.98. The summed E-state index contributed by atoms with van der Waals surface area (Å²) in [5.74, 6) is 1.95. The molecule has 2 aromatic rings. The summed E-state index contributed by atoms with van der Waals surface area (Å²) in [6.07, 6.45) is 4.55. The smallest absolute Gasteiger partial charge is 0.312 e. The van der Waals surface area contributed by atoms with Gasteiger partial charge in [0, 0.05) is 11.8 Å². The molecule has 0 amide bonds. The molecule has 0 N–H and O–H groups in total. The van der Waals surface area contributed by atoms with Gasteiger partial charge in [0.15, 0.2) is 10.9 Å². The van der Waals surface area contributed by atoms with E-state index >= 15 is 0 Å². The Morgan fingerprint density at radius 3 is 2.88 bits per heavy atom. The number of hydrogen-bond acceptors (Lipinski definition) is 6. The van der Waals surface area contributed by atoms with Gasteiger partial charge < -0.3 is 9.47 Å². The number of nitrogens with zero attached hydrogens (tertiary/aromatic N) is 2. The third-order valence-electron chi connectivity index (χ3n) is 3.89. The van der Waals surface area contributed by atoms with Gasteiger partial charge in [-0.05, 0) is 43.1 Å². The van der Waals surface area contributed by atoms with Crippen molar-refractivity contribution in [3.8, 4) is 17.4 Å². The van der Waals surface area contributed by atoms with E-state index in [-0.39, 0.29) is 22.8 Å². The number of carbonyl (C=O) groups is 1. The van der Waals surface area contributed by atoms with Crippen molar-refractivity contribution < 1.29 is 14.3 Å². The van der Waals surface area contributed by atoms with Crippen molar-refractivity contribution in [3.63, 3.8) is 0 Å². The molecule has 0 aliphatic heterocycles. The Balaban J connectivity index is 1.87. The van der Waals surface area contributed by atoms with Crippen LogP contribution < -0.4 is 9.47 Å². The summed E-state index contributed by atoms with van der Waals surface area (Å²) in [6, 6.07) is 7.52. The number of aryl methyl sites for hydroxylation is 1. The fourth-order valence-corrected chi connectivity index (χ4v) is 2.98. The molecule has 1 aliphatic carbocycles. The quantitative estimate of drug-likeness (QED) is 0.647. The minimum absolute atomic E-state index is 0.146. The van der Waals surface area contributed by atoms with Gasteiger partial charge in [-0.2, -0.15) is 11.8 Å². The van der Waals surface area contributed by atoms with Gasteiger partial charge in [0.05, 0.1) is 6.42 Å². The normalized spacial score (nSPS) is 13.6. The molecular formula is C18H19ClN2O3S. The van der Waals surface area contributed by atoms with Crippen molar-refractivity contribution in [2.75, 3.05) is 12.0 Å². The summed E-state index contributed by atoms with van der Waals surface area (Å²) in [5.41, 5.74) is 2.15. The van der Waals surface area contributed by atoms with E-state index < -0.39 is 0 Å².